The number of hydrogen-bond acceptors (Lipinski definition) is 10. The number of carbonyl (C=O) groups is 2. The normalized spacial score (nSPS) is 21.9. The molecule has 1 saturated heterocycles. The third kappa shape index (κ3) is 5.20. The van der Waals surface area contributed by atoms with Crippen molar-refractivity contribution in [1.29, 1.82) is 0 Å². The second kappa shape index (κ2) is 9.95. The van der Waals surface area contributed by atoms with Gasteiger partial charge >= 0.3 is 17.6 Å². The van der Waals surface area contributed by atoms with Gasteiger partial charge in [-0.1, -0.05) is 24.3 Å². The Hall–Kier alpha value is -3.87. The maximum atomic E-state index is 12.0. The van der Waals surface area contributed by atoms with E-state index in [4.69, 9.17) is 14.2 Å². The third-order valence-electron chi connectivity index (χ3n) is 5.20. The van der Waals surface area contributed by atoms with Crippen LogP contribution in [0.25, 0.3) is 10.9 Å². The minimum atomic E-state index is -1.52. The summed E-state index contributed by atoms with van der Waals surface area (Å²) in [6.07, 6.45) is -5.05. The quantitative estimate of drug-likeness (QED) is 0.298. The first-order valence-corrected chi connectivity index (χ1v) is 10.3. The summed E-state index contributed by atoms with van der Waals surface area (Å²) in [5, 5.41) is 21.3. The van der Waals surface area contributed by atoms with Gasteiger partial charge in [-0.3, -0.25) is 23.9 Å². The molecule has 1 aliphatic rings. The molecule has 1 aromatic carbocycles. The number of aromatic nitrogens is 3. The minimum absolute atomic E-state index is 0.122. The predicted molar refractivity (Wildman–Crippen MR) is 114 cm³/mol. The number of benzene rings is 1. The van der Waals surface area contributed by atoms with Crippen LogP contribution >= 0.6 is 0 Å². The highest BCUT2D eigenvalue weighted by atomic mass is 16.6. The number of nitrogens with zero attached hydrogens (tertiary/aromatic N) is 2. The highest BCUT2D eigenvalue weighted by Gasteiger charge is 2.44. The Morgan fingerprint density at radius 2 is 1.79 bits per heavy atom. The summed E-state index contributed by atoms with van der Waals surface area (Å²) in [6.45, 7) is -0.603. The molecule has 1 aliphatic heterocycles. The molecule has 34 heavy (non-hydrogen) atoms. The molecule has 0 radical (unpaired) electrons. The van der Waals surface area contributed by atoms with Crippen molar-refractivity contribution in [3.05, 3.63) is 75.2 Å². The van der Waals surface area contributed by atoms with Crippen LogP contribution in [0.1, 0.15) is 18.3 Å². The Balaban J connectivity index is 1.26. The Bertz CT molecular complexity index is 1320. The Morgan fingerprint density at radius 3 is 2.59 bits per heavy atom. The second-order valence-corrected chi connectivity index (χ2v) is 7.58. The van der Waals surface area contributed by atoms with Crippen LogP contribution in [0.4, 0.5) is 0 Å². The lowest BCUT2D eigenvalue weighted by Crippen LogP contribution is -2.37. The first-order valence-electron chi connectivity index (χ1n) is 10.3. The molecular weight excluding hydrogens is 450 g/mol. The first kappa shape index (κ1) is 23.3. The molecule has 0 bridgehead atoms. The van der Waals surface area contributed by atoms with E-state index < -0.39 is 60.8 Å². The van der Waals surface area contributed by atoms with E-state index in [1.54, 1.807) is 6.07 Å². The number of esters is 2. The van der Waals surface area contributed by atoms with Crippen molar-refractivity contribution in [3.63, 3.8) is 0 Å². The zero-order valence-electron chi connectivity index (χ0n) is 17.7. The van der Waals surface area contributed by atoms with E-state index in [1.807, 2.05) is 35.3 Å². The van der Waals surface area contributed by atoms with Gasteiger partial charge in [-0.2, -0.15) is 0 Å². The van der Waals surface area contributed by atoms with Crippen LogP contribution in [-0.2, 0) is 30.4 Å². The molecule has 0 amide bonds. The Morgan fingerprint density at radius 1 is 1.03 bits per heavy atom. The average Bonchev–Trinajstić information content (AvgIpc) is 3.10. The number of para-hydroxylation sites is 1. The van der Waals surface area contributed by atoms with E-state index in [1.165, 1.54) is 0 Å². The fraction of sp³-hybridized carbons (Fsp3) is 0.318. The molecule has 12 nitrogen and oxygen atoms in total. The molecule has 0 saturated carbocycles. The van der Waals surface area contributed by atoms with E-state index >= 15 is 0 Å². The Kier molecular flexibility index (Phi) is 6.82. The molecule has 2 aromatic heterocycles. The topological polar surface area (TPSA) is 170 Å². The van der Waals surface area contributed by atoms with E-state index in [0.717, 1.165) is 27.7 Å². The summed E-state index contributed by atoms with van der Waals surface area (Å²) < 4.78 is 16.4. The summed E-state index contributed by atoms with van der Waals surface area (Å²) in [5.41, 5.74) is -0.219. The van der Waals surface area contributed by atoms with Gasteiger partial charge < -0.3 is 24.4 Å². The van der Waals surface area contributed by atoms with Gasteiger partial charge in [-0.25, -0.2) is 9.78 Å². The van der Waals surface area contributed by atoms with Crippen LogP contribution in [0.3, 0.4) is 0 Å². The van der Waals surface area contributed by atoms with Crippen LogP contribution in [-0.4, -0.2) is 61.6 Å². The van der Waals surface area contributed by atoms with Crippen LogP contribution in [0, 0.1) is 0 Å². The second-order valence-electron chi connectivity index (χ2n) is 7.58. The lowest BCUT2D eigenvalue weighted by atomic mass is 10.1. The van der Waals surface area contributed by atoms with Crippen LogP contribution in [0.2, 0.25) is 0 Å². The molecule has 3 N–H and O–H groups in total. The lowest BCUT2D eigenvalue weighted by molar-refractivity contribution is -0.158. The zero-order valence-corrected chi connectivity index (χ0v) is 17.7. The maximum absolute atomic E-state index is 12.0. The standard InChI is InChI=1S/C22H21N3O9/c26-16-7-8-25(22(31)24-16)21-20(30)19(29)15(34-21)11-33-18(28)9-17(27)32-10-13-6-5-12-3-1-2-4-14(12)23-13/h1-8,15,19-21,29-30H,9-11H2,(H,24,26,31). The van der Waals surface area contributed by atoms with Crippen LogP contribution < -0.4 is 11.2 Å². The number of carbonyl (C=O) groups excluding carboxylic acids is 2. The highest BCUT2D eigenvalue weighted by Crippen LogP contribution is 2.28. The number of H-pyrrole nitrogens is 1. The molecule has 4 unspecified atom stereocenters. The zero-order chi connectivity index (χ0) is 24.2. The summed E-state index contributed by atoms with van der Waals surface area (Å²) in [6, 6.07) is 12.1. The number of aromatic amines is 1. The summed E-state index contributed by atoms with van der Waals surface area (Å²) in [4.78, 5) is 53.4. The third-order valence-corrected chi connectivity index (χ3v) is 5.20. The smallest absolute Gasteiger partial charge is 0.330 e. The molecular formula is C22H21N3O9. The number of aliphatic hydroxyl groups excluding tert-OH is 2. The molecule has 12 heteroatoms. The van der Waals surface area contributed by atoms with E-state index in [9.17, 15) is 29.4 Å². The fourth-order valence-electron chi connectivity index (χ4n) is 3.46. The summed E-state index contributed by atoms with van der Waals surface area (Å²) in [7, 11) is 0. The molecule has 178 valence electrons. The lowest BCUT2D eigenvalue weighted by Gasteiger charge is -2.16. The number of fused-ring (bicyclic) bond motifs is 1. The molecule has 3 heterocycles. The number of pyridine rings is 1. The number of aliphatic hydroxyl groups is 2. The number of rotatable bonds is 7. The van der Waals surface area contributed by atoms with Gasteiger partial charge in [0.2, 0.25) is 0 Å². The van der Waals surface area contributed by atoms with Crippen molar-refractivity contribution in [2.75, 3.05) is 6.61 Å². The molecule has 4 rings (SSSR count). The molecule has 3 aromatic rings. The molecule has 0 aliphatic carbocycles. The van der Waals surface area contributed by atoms with Gasteiger partial charge in [0.15, 0.2) is 6.23 Å². The summed E-state index contributed by atoms with van der Waals surface area (Å²) >= 11 is 0. The van der Waals surface area contributed by atoms with Crippen molar-refractivity contribution < 1.29 is 34.0 Å². The first-order chi connectivity index (χ1) is 16.3. The summed E-state index contributed by atoms with van der Waals surface area (Å²) in [5.74, 6) is -1.75. The monoisotopic (exact) mass is 471 g/mol. The molecule has 0 spiro atoms. The van der Waals surface area contributed by atoms with Crippen LogP contribution in [0.5, 0.6) is 0 Å². The number of hydrogen-bond donors (Lipinski definition) is 3. The van der Waals surface area contributed by atoms with Gasteiger partial charge in [-0.15, -0.1) is 0 Å². The van der Waals surface area contributed by atoms with Gasteiger partial charge in [0.25, 0.3) is 5.56 Å². The van der Waals surface area contributed by atoms with E-state index in [0.29, 0.717) is 5.69 Å². The van der Waals surface area contributed by atoms with Gasteiger partial charge in [0, 0.05) is 17.6 Å². The van der Waals surface area contributed by atoms with Crippen molar-refractivity contribution in [1.82, 2.24) is 14.5 Å². The minimum Gasteiger partial charge on any atom is -0.462 e. The average molecular weight is 471 g/mol. The SMILES string of the molecule is O=C(CC(=O)OCC1OC(n2ccc(=O)[nH]c2=O)C(O)C1O)OCc1ccc2ccccc2n1. The van der Waals surface area contributed by atoms with Gasteiger partial charge in [0.05, 0.1) is 11.2 Å². The van der Waals surface area contributed by atoms with Crippen LogP contribution in [0.15, 0.2) is 58.3 Å². The van der Waals surface area contributed by atoms with Gasteiger partial charge in [-0.05, 0) is 12.1 Å². The molecule has 4 atom stereocenters. The van der Waals surface area contributed by atoms with Crippen molar-refractivity contribution in [2.24, 2.45) is 0 Å². The number of nitrogens with one attached hydrogen (secondary N) is 1. The van der Waals surface area contributed by atoms with Crippen molar-refractivity contribution in [3.8, 4) is 0 Å². The number of ether oxygens (including phenoxy) is 3. The van der Waals surface area contributed by atoms with E-state index in [-0.39, 0.29) is 6.61 Å². The van der Waals surface area contributed by atoms with Crippen molar-refractivity contribution >= 4 is 22.8 Å². The predicted octanol–water partition coefficient (Wildman–Crippen LogP) is -0.619. The Labute approximate surface area is 191 Å². The van der Waals surface area contributed by atoms with E-state index in [2.05, 4.69) is 4.98 Å². The molecule has 1 fully saturated rings. The van der Waals surface area contributed by atoms with Gasteiger partial charge in [0.1, 0.15) is 37.9 Å². The fourth-order valence-corrected chi connectivity index (χ4v) is 3.46. The largest absolute Gasteiger partial charge is 0.462 e. The maximum Gasteiger partial charge on any atom is 0.330 e. The van der Waals surface area contributed by atoms with Crippen molar-refractivity contribution in [2.45, 2.75) is 37.6 Å². The highest BCUT2D eigenvalue weighted by molar-refractivity contribution is 5.91.